The first-order valence-electron chi connectivity index (χ1n) is 5.87. The monoisotopic (exact) mass is 318 g/mol. The van der Waals surface area contributed by atoms with E-state index in [1.54, 1.807) is 0 Å². The number of carbonyl (C=O) groups is 1. The van der Waals surface area contributed by atoms with E-state index >= 15 is 0 Å². The molecule has 0 fully saturated rings. The van der Waals surface area contributed by atoms with Crippen molar-refractivity contribution in [2.75, 3.05) is 32.2 Å². The molecule has 2 N–H and O–H groups in total. The number of rotatable bonds is 7. The molecule has 0 aromatic heterocycles. The van der Waals surface area contributed by atoms with E-state index < -0.39 is 22.7 Å². The van der Waals surface area contributed by atoms with Gasteiger partial charge in [0.15, 0.2) is 0 Å². The van der Waals surface area contributed by atoms with Gasteiger partial charge in [-0.3, -0.25) is 10.1 Å². The minimum absolute atomic E-state index is 0.0612. The topological polar surface area (TPSA) is 113 Å². The number of nitrogens with zero attached hydrogens (tertiary/aromatic N) is 2. The molecule has 1 unspecified atom stereocenters. The molecule has 0 aliphatic carbocycles. The first kappa shape index (κ1) is 17.2. The maximum atomic E-state index is 11.3. The number of ether oxygens (including phenoxy) is 1. The molecule has 1 aromatic carbocycles. The second-order valence-electron chi connectivity index (χ2n) is 4.38. The quantitative estimate of drug-likeness (QED) is 0.577. The van der Waals surface area contributed by atoms with Crippen molar-refractivity contribution >= 4 is 28.9 Å². The van der Waals surface area contributed by atoms with Crippen LogP contribution in [0.3, 0.4) is 0 Å². The minimum Gasteiger partial charge on any atom is -0.478 e. The van der Waals surface area contributed by atoms with Gasteiger partial charge in [-0.1, -0.05) is 11.6 Å². The Kier molecular flexibility index (Phi) is 5.89. The maximum absolute atomic E-state index is 11.3. The van der Waals surface area contributed by atoms with Crippen LogP contribution in [0.15, 0.2) is 12.1 Å². The van der Waals surface area contributed by atoms with Gasteiger partial charge in [0.25, 0.3) is 5.69 Å². The third kappa shape index (κ3) is 4.28. The maximum Gasteiger partial charge on any atom is 0.338 e. The summed E-state index contributed by atoms with van der Waals surface area (Å²) >= 11 is 5.96. The molecular formula is C12H15ClN2O6. The number of aromatic carboxylic acids is 1. The molecule has 0 heterocycles. The number of likely N-dealkylation sites (N-methyl/N-ethyl adjacent to an activating group) is 1. The van der Waals surface area contributed by atoms with Crippen molar-refractivity contribution < 1.29 is 24.7 Å². The Balaban J connectivity index is 3.21. The van der Waals surface area contributed by atoms with Crippen LogP contribution < -0.4 is 4.90 Å². The van der Waals surface area contributed by atoms with Crippen LogP contribution in [0.2, 0.25) is 5.02 Å². The van der Waals surface area contributed by atoms with Crippen molar-refractivity contribution in [1.29, 1.82) is 0 Å². The Bertz CT molecular complexity index is 551. The summed E-state index contributed by atoms with van der Waals surface area (Å²) in [4.78, 5) is 22.7. The molecule has 0 saturated carbocycles. The van der Waals surface area contributed by atoms with E-state index in [0.717, 1.165) is 12.1 Å². The van der Waals surface area contributed by atoms with Gasteiger partial charge in [0.2, 0.25) is 0 Å². The van der Waals surface area contributed by atoms with E-state index in [4.69, 9.17) is 16.3 Å². The van der Waals surface area contributed by atoms with Crippen LogP contribution in [0, 0.1) is 10.1 Å². The zero-order valence-electron chi connectivity index (χ0n) is 11.4. The first-order valence-corrected chi connectivity index (χ1v) is 6.25. The van der Waals surface area contributed by atoms with Crippen molar-refractivity contribution in [2.45, 2.75) is 6.10 Å². The second-order valence-corrected chi connectivity index (χ2v) is 4.78. The van der Waals surface area contributed by atoms with Gasteiger partial charge in [0, 0.05) is 32.8 Å². The summed E-state index contributed by atoms with van der Waals surface area (Å²) in [6, 6.07) is 2.01. The molecule has 21 heavy (non-hydrogen) atoms. The van der Waals surface area contributed by atoms with Crippen molar-refractivity contribution in [3.05, 3.63) is 32.8 Å². The number of nitro benzene ring substituents is 1. The molecule has 0 amide bonds. The number of hydrogen-bond donors (Lipinski definition) is 2. The van der Waals surface area contributed by atoms with Gasteiger partial charge in [0.05, 0.1) is 33.9 Å². The van der Waals surface area contributed by atoms with Crippen LogP contribution in [-0.4, -0.2) is 54.5 Å². The van der Waals surface area contributed by atoms with Crippen molar-refractivity contribution in [1.82, 2.24) is 0 Å². The van der Waals surface area contributed by atoms with E-state index in [9.17, 15) is 25.1 Å². The molecule has 0 bridgehead atoms. The lowest BCUT2D eigenvalue weighted by molar-refractivity contribution is -0.384. The van der Waals surface area contributed by atoms with Crippen LogP contribution >= 0.6 is 11.6 Å². The average molecular weight is 319 g/mol. The fourth-order valence-electron chi connectivity index (χ4n) is 1.89. The van der Waals surface area contributed by atoms with Gasteiger partial charge in [-0.05, 0) is 0 Å². The lowest BCUT2D eigenvalue weighted by Gasteiger charge is -2.24. The van der Waals surface area contributed by atoms with Gasteiger partial charge < -0.3 is 19.8 Å². The van der Waals surface area contributed by atoms with Crippen LogP contribution in [0.25, 0.3) is 0 Å². The number of benzene rings is 1. The van der Waals surface area contributed by atoms with E-state index in [0.29, 0.717) is 0 Å². The zero-order valence-corrected chi connectivity index (χ0v) is 12.2. The summed E-state index contributed by atoms with van der Waals surface area (Å²) in [6.45, 7) is 0.128. The summed E-state index contributed by atoms with van der Waals surface area (Å²) in [5, 5.41) is 29.5. The van der Waals surface area contributed by atoms with E-state index in [1.807, 2.05) is 0 Å². The van der Waals surface area contributed by atoms with Crippen LogP contribution in [0.5, 0.6) is 0 Å². The van der Waals surface area contributed by atoms with Crippen LogP contribution in [0.4, 0.5) is 11.4 Å². The smallest absolute Gasteiger partial charge is 0.338 e. The lowest BCUT2D eigenvalue weighted by Crippen LogP contribution is -2.33. The number of nitro groups is 1. The third-order valence-electron chi connectivity index (χ3n) is 2.71. The van der Waals surface area contributed by atoms with Crippen LogP contribution in [-0.2, 0) is 4.74 Å². The molecule has 0 saturated heterocycles. The molecule has 0 aliphatic rings. The van der Waals surface area contributed by atoms with Crippen LogP contribution in [0.1, 0.15) is 10.4 Å². The zero-order chi connectivity index (χ0) is 16.2. The number of hydrogen-bond acceptors (Lipinski definition) is 6. The Morgan fingerprint density at radius 1 is 1.57 bits per heavy atom. The molecule has 1 aromatic rings. The molecule has 1 atom stereocenters. The normalized spacial score (nSPS) is 12.0. The van der Waals surface area contributed by atoms with Gasteiger partial charge in [0.1, 0.15) is 0 Å². The van der Waals surface area contributed by atoms with Crippen molar-refractivity contribution in [2.24, 2.45) is 0 Å². The Morgan fingerprint density at radius 2 is 2.19 bits per heavy atom. The standard InChI is InChI=1S/C12H15ClN2O6/c1-14(5-8(16)6-21-2)11-9(12(17)18)3-7(15(19)20)4-10(11)13/h3-4,8,16H,5-6H2,1-2H3,(H,17,18). The lowest BCUT2D eigenvalue weighted by atomic mass is 10.1. The number of carboxylic acid groups (broad SMARTS) is 1. The molecular weight excluding hydrogens is 304 g/mol. The van der Waals surface area contributed by atoms with E-state index in [2.05, 4.69) is 0 Å². The molecule has 0 radical (unpaired) electrons. The molecule has 116 valence electrons. The first-order chi connectivity index (χ1) is 9.77. The molecule has 9 heteroatoms. The summed E-state index contributed by atoms with van der Waals surface area (Å²) in [5.41, 5.74) is -0.613. The van der Waals surface area contributed by atoms with E-state index in [-0.39, 0.29) is 29.4 Å². The molecule has 1 rings (SSSR count). The second kappa shape index (κ2) is 7.21. The Morgan fingerprint density at radius 3 is 2.67 bits per heavy atom. The number of aliphatic hydroxyl groups excluding tert-OH is 1. The minimum atomic E-state index is -1.34. The highest BCUT2D eigenvalue weighted by Gasteiger charge is 2.23. The number of anilines is 1. The Hall–Kier alpha value is -1.90. The average Bonchev–Trinajstić information content (AvgIpc) is 2.37. The molecule has 0 spiro atoms. The van der Waals surface area contributed by atoms with Crippen molar-refractivity contribution in [3.8, 4) is 0 Å². The van der Waals surface area contributed by atoms with Gasteiger partial charge in [-0.2, -0.15) is 0 Å². The van der Waals surface area contributed by atoms with Crippen molar-refractivity contribution in [3.63, 3.8) is 0 Å². The fraction of sp³-hybridized carbons (Fsp3) is 0.417. The predicted molar refractivity (Wildman–Crippen MR) is 76.2 cm³/mol. The summed E-state index contributed by atoms with van der Waals surface area (Å²) in [6.07, 6.45) is -0.854. The summed E-state index contributed by atoms with van der Waals surface area (Å²) < 4.78 is 4.78. The number of methoxy groups -OCH3 is 1. The highest BCUT2D eigenvalue weighted by molar-refractivity contribution is 6.34. The van der Waals surface area contributed by atoms with Gasteiger partial charge in [-0.25, -0.2) is 4.79 Å². The predicted octanol–water partition coefficient (Wildman–Crippen LogP) is 1.39. The van der Waals surface area contributed by atoms with Gasteiger partial charge in [-0.15, -0.1) is 0 Å². The Labute approximate surface area is 125 Å². The molecule has 0 aliphatic heterocycles. The van der Waals surface area contributed by atoms with Gasteiger partial charge >= 0.3 is 5.97 Å². The summed E-state index contributed by atoms with van der Waals surface area (Å²) in [7, 11) is 2.95. The number of non-ortho nitro benzene ring substituents is 1. The molecule has 8 nitrogen and oxygen atoms in total. The largest absolute Gasteiger partial charge is 0.478 e. The number of aliphatic hydroxyl groups is 1. The van der Waals surface area contributed by atoms with E-state index in [1.165, 1.54) is 19.1 Å². The number of halogens is 1. The highest BCUT2D eigenvalue weighted by Crippen LogP contribution is 2.33. The SMILES string of the molecule is COCC(O)CN(C)c1c(Cl)cc([N+](=O)[O-])cc1C(=O)O. The third-order valence-corrected chi connectivity index (χ3v) is 3.00. The highest BCUT2D eigenvalue weighted by atomic mass is 35.5. The summed E-state index contributed by atoms with van der Waals surface area (Å²) in [5.74, 6) is -1.34. The fourth-order valence-corrected chi connectivity index (χ4v) is 2.25. The number of carboxylic acids is 1.